The third-order valence-electron chi connectivity index (χ3n) is 2.45. The fourth-order valence-electron chi connectivity index (χ4n) is 1.86. The second kappa shape index (κ2) is 4.48. The summed E-state index contributed by atoms with van der Waals surface area (Å²) in [6.45, 7) is 15.4. The normalized spacial score (nSPS) is 16.6. The summed E-state index contributed by atoms with van der Waals surface area (Å²) in [5.41, 5.74) is 6.06. The third-order valence-corrected chi connectivity index (χ3v) is 2.45. The molecular weight excluding hydrogens is 170 g/mol. The summed E-state index contributed by atoms with van der Waals surface area (Å²) in [4.78, 5) is 0. The molecule has 0 aliphatic carbocycles. The molecule has 0 aromatic carbocycles. The molecule has 0 amide bonds. The number of allylic oxidation sites excluding steroid dienone is 1. The largest absolute Gasteiger partial charge is 0.322 e. The summed E-state index contributed by atoms with van der Waals surface area (Å²) in [6.07, 6.45) is 4.41. The van der Waals surface area contributed by atoms with E-state index in [1.54, 1.807) is 0 Å². The van der Waals surface area contributed by atoms with Gasteiger partial charge in [-0.25, -0.2) is 0 Å². The zero-order valence-electron chi connectivity index (χ0n) is 10.9. The van der Waals surface area contributed by atoms with Crippen LogP contribution in [0.1, 0.15) is 48.5 Å². The zero-order chi connectivity index (χ0) is 11.6. The molecule has 1 nitrogen and oxygen atoms in total. The first-order chi connectivity index (χ1) is 6.04. The number of hydrogen-bond donors (Lipinski definition) is 1. The van der Waals surface area contributed by atoms with Gasteiger partial charge in [0.15, 0.2) is 0 Å². The molecule has 0 saturated heterocycles. The van der Waals surface area contributed by atoms with E-state index < -0.39 is 0 Å². The Morgan fingerprint density at radius 3 is 1.64 bits per heavy atom. The maximum absolute atomic E-state index is 5.94. The van der Waals surface area contributed by atoms with E-state index >= 15 is 0 Å². The fourth-order valence-corrected chi connectivity index (χ4v) is 1.86. The van der Waals surface area contributed by atoms with Crippen molar-refractivity contribution in [1.29, 1.82) is 0 Å². The highest BCUT2D eigenvalue weighted by atomic mass is 14.7. The average molecular weight is 197 g/mol. The van der Waals surface area contributed by atoms with Crippen LogP contribution in [0, 0.1) is 17.3 Å². The molecule has 0 aliphatic heterocycles. The molecule has 0 rings (SSSR count). The minimum absolute atomic E-state index is 0.196. The van der Waals surface area contributed by atoms with E-state index in [9.17, 15) is 0 Å². The van der Waals surface area contributed by atoms with Crippen LogP contribution in [0.3, 0.4) is 0 Å². The molecule has 1 atom stereocenters. The van der Waals surface area contributed by atoms with Crippen LogP contribution in [-0.4, -0.2) is 5.54 Å². The van der Waals surface area contributed by atoms with Crippen LogP contribution < -0.4 is 5.73 Å². The van der Waals surface area contributed by atoms with Crippen molar-refractivity contribution in [2.24, 2.45) is 23.0 Å². The van der Waals surface area contributed by atoms with Gasteiger partial charge < -0.3 is 5.73 Å². The highest BCUT2D eigenvalue weighted by Gasteiger charge is 2.25. The quantitative estimate of drug-likeness (QED) is 0.687. The van der Waals surface area contributed by atoms with Gasteiger partial charge in [0.25, 0.3) is 0 Å². The predicted octanol–water partition coefficient (Wildman–Crippen LogP) is 3.60. The minimum atomic E-state index is -0.196. The molecule has 0 fully saturated rings. The van der Waals surface area contributed by atoms with Crippen LogP contribution in [0.2, 0.25) is 0 Å². The molecule has 2 N–H and O–H groups in total. The Hall–Kier alpha value is -0.300. The van der Waals surface area contributed by atoms with Crippen molar-refractivity contribution >= 4 is 0 Å². The SMILES string of the molecule is CC(C)C(/C=C\C(C)(C)N)C(C)(C)C. The van der Waals surface area contributed by atoms with Gasteiger partial charge in [-0.05, 0) is 31.1 Å². The standard InChI is InChI=1S/C13H27N/c1-10(2)11(12(3,4)5)8-9-13(6,7)14/h8-11H,14H2,1-7H3/b9-8-. The third kappa shape index (κ3) is 5.43. The van der Waals surface area contributed by atoms with Crippen LogP contribution in [0.25, 0.3) is 0 Å². The van der Waals surface area contributed by atoms with Gasteiger partial charge in [-0.15, -0.1) is 0 Å². The monoisotopic (exact) mass is 197 g/mol. The summed E-state index contributed by atoms with van der Waals surface area (Å²) >= 11 is 0. The van der Waals surface area contributed by atoms with E-state index in [0.29, 0.717) is 17.3 Å². The van der Waals surface area contributed by atoms with Gasteiger partial charge in [0.1, 0.15) is 0 Å². The molecule has 0 aliphatic rings. The zero-order valence-corrected chi connectivity index (χ0v) is 10.9. The molecule has 0 radical (unpaired) electrons. The van der Waals surface area contributed by atoms with Crippen LogP contribution in [-0.2, 0) is 0 Å². The molecule has 1 heteroatoms. The summed E-state index contributed by atoms with van der Waals surface area (Å²) < 4.78 is 0. The summed E-state index contributed by atoms with van der Waals surface area (Å²) in [5, 5.41) is 0. The second-order valence-electron chi connectivity index (χ2n) is 6.32. The lowest BCUT2D eigenvalue weighted by molar-refractivity contribution is 0.229. The lowest BCUT2D eigenvalue weighted by atomic mass is 9.74. The Morgan fingerprint density at radius 2 is 1.43 bits per heavy atom. The fraction of sp³-hybridized carbons (Fsp3) is 0.846. The maximum Gasteiger partial charge on any atom is 0.0281 e. The highest BCUT2D eigenvalue weighted by molar-refractivity contribution is 5.04. The Morgan fingerprint density at radius 1 is 1.00 bits per heavy atom. The molecule has 84 valence electrons. The minimum Gasteiger partial charge on any atom is -0.322 e. The van der Waals surface area contributed by atoms with Crippen molar-refractivity contribution < 1.29 is 0 Å². The summed E-state index contributed by atoms with van der Waals surface area (Å²) in [6, 6.07) is 0. The van der Waals surface area contributed by atoms with E-state index in [2.05, 4.69) is 46.8 Å². The predicted molar refractivity (Wildman–Crippen MR) is 65.2 cm³/mol. The van der Waals surface area contributed by atoms with Crippen LogP contribution in [0.15, 0.2) is 12.2 Å². The van der Waals surface area contributed by atoms with E-state index in [0.717, 1.165) is 0 Å². The Labute approximate surface area is 89.8 Å². The van der Waals surface area contributed by atoms with Crippen molar-refractivity contribution in [3.05, 3.63) is 12.2 Å². The van der Waals surface area contributed by atoms with Gasteiger partial charge in [-0.3, -0.25) is 0 Å². The van der Waals surface area contributed by atoms with E-state index in [1.165, 1.54) is 0 Å². The molecule has 0 spiro atoms. The van der Waals surface area contributed by atoms with Crippen molar-refractivity contribution in [3.63, 3.8) is 0 Å². The lowest BCUT2D eigenvalue weighted by Gasteiger charge is -2.32. The smallest absolute Gasteiger partial charge is 0.0281 e. The molecule has 0 aromatic heterocycles. The van der Waals surface area contributed by atoms with Crippen LogP contribution in [0.4, 0.5) is 0 Å². The summed E-state index contributed by atoms with van der Waals surface area (Å²) in [7, 11) is 0. The topological polar surface area (TPSA) is 26.0 Å². The van der Waals surface area contributed by atoms with E-state index in [1.807, 2.05) is 13.8 Å². The maximum atomic E-state index is 5.94. The number of rotatable bonds is 3. The molecule has 0 aromatic rings. The van der Waals surface area contributed by atoms with Crippen molar-refractivity contribution in [1.82, 2.24) is 0 Å². The first-order valence-corrected chi connectivity index (χ1v) is 5.52. The van der Waals surface area contributed by atoms with Gasteiger partial charge in [0.2, 0.25) is 0 Å². The lowest BCUT2D eigenvalue weighted by Crippen LogP contribution is -2.30. The first kappa shape index (κ1) is 13.7. The van der Waals surface area contributed by atoms with Crippen LogP contribution >= 0.6 is 0 Å². The van der Waals surface area contributed by atoms with E-state index in [-0.39, 0.29) is 5.54 Å². The molecule has 1 unspecified atom stereocenters. The molecule has 0 bridgehead atoms. The van der Waals surface area contributed by atoms with Crippen LogP contribution in [0.5, 0.6) is 0 Å². The average Bonchev–Trinajstić information content (AvgIpc) is 1.79. The molecule has 14 heavy (non-hydrogen) atoms. The van der Waals surface area contributed by atoms with Gasteiger partial charge in [-0.1, -0.05) is 46.8 Å². The first-order valence-electron chi connectivity index (χ1n) is 5.52. The van der Waals surface area contributed by atoms with Crippen molar-refractivity contribution in [2.75, 3.05) is 0 Å². The number of nitrogens with two attached hydrogens (primary N) is 1. The summed E-state index contributed by atoms with van der Waals surface area (Å²) in [5.74, 6) is 1.25. The molecular formula is C13H27N. The number of hydrogen-bond acceptors (Lipinski definition) is 1. The van der Waals surface area contributed by atoms with Crippen molar-refractivity contribution in [2.45, 2.75) is 54.0 Å². The second-order valence-corrected chi connectivity index (χ2v) is 6.32. The van der Waals surface area contributed by atoms with E-state index in [4.69, 9.17) is 5.73 Å². The Bertz CT molecular complexity index is 188. The Kier molecular flexibility index (Phi) is 4.38. The molecule has 0 heterocycles. The van der Waals surface area contributed by atoms with Gasteiger partial charge in [0, 0.05) is 5.54 Å². The van der Waals surface area contributed by atoms with Gasteiger partial charge >= 0.3 is 0 Å². The molecule has 0 saturated carbocycles. The highest BCUT2D eigenvalue weighted by Crippen LogP contribution is 2.33. The van der Waals surface area contributed by atoms with Crippen molar-refractivity contribution in [3.8, 4) is 0 Å². The van der Waals surface area contributed by atoms with Gasteiger partial charge in [0.05, 0.1) is 0 Å². The Balaban J connectivity index is 4.64. The van der Waals surface area contributed by atoms with Gasteiger partial charge in [-0.2, -0.15) is 0 Å².